The van der Waals surface area contributed by atoms with Crippen molar-refractivity contribution in [2.75, 3.05) is 6.61 Å². The van der Waals surface area contributed by atoms with Crippen molar-refractivity contribution in [1.29, 1.82) is 0 Å². The lowest BCUT2D eigenvalue weighted by Crippen LogP contribution is -2.14. The standard InChI is InChI=1S/C14H14O6/c1-8(2)14(19)20-7-6-9-4-3-5-10(12(15)16)11(9)13(17)18/h3-5H,1,6-7H2,2H3,(H,15,16)(H,17,18). The molecule has 6 heteroatoms. The van der Waals surface area contributed by atoms with E-state index in [-0.39, 0.29) is 29.7 Å². The minimum atomic E-state index is -1.33. The molecule has 0 unspecified atom stereocenters. The van der Waals surface area contributed by atoms with Crippen LogP contribution in [0, 0.1) is 0 Å². The zero-order chi connectivity index (χ0) is 15.3. The Labute approximate surface area is 115 Å². The van der Waals surface area contributed by atoms with Crippen molar-refractivity contribution < 1.29 is 29.3 Å². The summed E-state index contributed by atoms with van der Waals surface area (Å²) in [6.07, 6.45) is 0.113. The van der Waals surface area contributed by atoms with E-state index in [1.165, 1.54) is 25.1 Å². The maximum absolute atomic E-state index is 11.2. The van der Waals surface area contributed by atoms with E-state index in [0.717, 1.165) is 0 Å². The van der Waals surface area contributed by atoms with Crippen LogP contribution in [0.3, 0.4) is 0 Å². The zero-order valence-electron chi connectivity index (χ0n) is 10.9. The smallest absolute Gasteiger partial charge is 0.336 e. The quantitative estimate of drug-likeness (QED) is 0.607. The van der Waals surface area contributed by atoms with Crippen LogP contribution in [-0.4, -0.2) is 34.7 Å². The monoisotopic (exact) mass is 278 g/mol. The Morgan fingerprint density at radius 3 is 2.35 bits per heavy atom. The fourth-order valence-corrected chi connectivity index (χ4v) is 1.62. The van der Waals surface area contributed by atoms with Crippen molar-refractivity contribution in [1.82, 2.24) is 0 Å². The summed E-state index contributed by atoms with van der Waals surface area (Å²) in [7, 11) is 0. The minimum absolute atomic E-state index is 0.0466. The second-order valence-electron chi connectivity index (χ2n) is 4.12. The lowest BCUT2D eigenvalue weighted by Gasteiger charge is -2.09. The van der Waals surface area contributed by atoms with Gasteiger partial charge in [-0.05, 0) is 18.6 Å². The lowest BCUT2D eigenvalue weighted by atomic mass is 9.99. The van der Waals surface area contributed by atoms with Crippen LogP contribution in [0.5, 0.6) is 0 Å². The summed E-state index contributed by atoms with van der Waals surface area (Å²) >= 11 is 0. The van der Waals surface area contributed by atoms with E-state index in [1.807, 2.05) is 0 Å². The predicted octanol–water partition coefficient (Wildman–Crippen LogP) is 1.74. The van der Waals surface area contributed by atoms with Gasteiger partial charge in [0.25, 0.3) is 0 Å². The first-order chi connectivity index (χ1) is 9.34. The molecule has 0 aromatic heterocycles. The number of carboxylic acid groups (broad SMARTS) is 2. The summed E-state index contributed by atoms with van der Waals surface area (Å²) in [4.78, 5) is 33.4. The van der Waals surface area contributed by atoms with Crippen molar-refractivity contribution in [3.63, 3.8) is 0 Å². The number of hydrogen-bond acceptors (Lipinski definition) is 4. The first-order valence-corrected chi connectivity index (χ1v) is 5.75. The number of carboxylic acids is 2. The Kier molecular flexibility index (Phi) is 5.02. The van der Waals surface area contributed by atoms with E-state index in [1.54, 1.807) is 0 Å². The van der Waals surface area contributed by atoms with Crippen molar-refractivity contribution in [3.8, 4) is 0 Å². The van der Waals surface area contributed by atoms with Crippen molar-refractivity contribution in [2.45, 2.75) is 13.3 Å². The Balaban J connectivity index is 2.93. The number of carbonyl (C=O) groups excluding carboxylic acids is 1. The predicted molar refractivity (Wildman–Crippen MR) is 69.8 cm³/mol. The summed E-state index contributed by atoms with van der Waals surface area (Å²) in [5.41, 5.74) is -0.0396. The molecule has 0 atom stereocenters. The van der Waals surface area contributed by atoms with Crippen LogP contribution in [0.15, 0.2) is 30.4 Å². The van der Waals surface area contributed by atoms with Crippen LogP contribution in [0.4, 0.5) is 0 Å². The van der Waals surface area contributed by atoms with E-state index in [9.17, 15) is 14.4 Å². The molecule has 0 amide bonds. The van der Waals surface area contributed by atoms with Gasteiger partial charge in [0, 0.05) is 12.0 Å². The van der Waals surface area contributed by atoms with Crippen LogP contribution in [-0.2, 0) is 16.0 Å². The summed E-state index contributed by atoms with van der Waals surface area (Å²) < 4.78 is 4.86. The average molecular weight is 278 g/mol. The molecule has 0 radical (unpaired) electrons. The third-order valence-corrected chi connectivity index (χ3v) is 2.55. The molecular formula is C14H14O6. The van der Waals surface area contributed by atoms with Crippen molar-refractivity contribution in [2.24, 2.45) is 0 Å². The van der Waals surface area contributed by atoms with Crippen LogP contribution in [0.1, 0.15) is 33.2 Å². The van der Waals surface area contributed by atoms with E-state index in [0.29, 0.717) is 5.56 Å². The lowest BCUT2D eigenvalue weighted by molar-refractivity contribution is -0.138. The van der Waals surface area contributed by atoms with E-state index in [4.69, 9.17) is 14.9 Å². The molecule has 0 spiro atoms. The molecule has 1 rings (SSSR count). The fraction of sp³-hybridized carbons (Fsp3) is 0.214. The number of ether oxygens (including phenoxy) is 1. The fourth-order valence-electron chi connectivity index (χ4n) is 1.62. The number of benzene rings is 1. The molecule has 0 bridgehead atoms. The SMILES string of the molecule is C=C(C)C(=O)OCCc1cccc(C(=O)O)c1C(=O)O. The Hall–Kier alpha value is -2.63. The van der Waals surface area contributed by atoms with Crippen LogP contribution in [0.2, 0.25) is 0 Å². The number of aromatic carboxylic acids is 2. The molecule has 1 aromatic carbocycles. The topological polar surface area (TPSA) is 101 Å². The first-order valence-electron chi connectivity index (χ1n) is 5.75. The van der Waals surface area contributed by atoms with Crippen LogP contribution in [0.25, 0.3) is 0 Å². The average Bonchev–Trinajstić information content (AvgIpc) is 2.37. The van der Waals surface area contributed by atoms with Gasteiger partial charge in [-0.3, -0.25) is 0 Å². The highest BCUT2D eigenvalue weighted by Gasteiger charge is 2.19. The third kappa shape index (κ3) is 3.68. The number of carbonyl (C=O) groups is 3. The minimum Gasteiger partial charge on any atom is -0.478 e. The molecule has 0 heterocycles. The molecule has 0 fully saturated rings. The van der Waals surface area contributed by atoms with Crippen LogP contribution < -0.4 is 0 Å². The molecule has 20 heavy (non-hydrogen) atoms. The molecule has 6 nitrogen and oxygen atoms in total. The summed E-state index contributed by atoms with van der Waals surface area (Å²) in [6, 6.07) is 4.16. The Bertz CT molecular complexity index is 573. The normalized spacial score (nSPS) is 9.85. The second kappa shape index (κ2) is 6.51. The molecule has 0 saturated carbocycles. The molecule has 0 aliphatic rings. The van der Waals surface area contributed by atoms with E-state index in [2.05, 4.69) is 6.58 Å². The van der Waals surface area contributed by atoms with Gasteiger partial charge in [-0.1, -0.05) is 18.7 Å². The van der Waals surface area contributed by atoms with E-state index >= 15 is 0 Å². The van der Waals surface area contributed by atoms with Gasteiger partial charge in [0.2, 0.25) is 0 Å². The molecule has 2 N–H and O–H groups in total. The van der Waals surface area contributed by atoms with Gasteiger partial charge in [0.15, 0.2) is 0 Å². The van der Waals surface area contributed by atoms with Gasteiger partial charge >= 0.3 is 17.9 Å². The number of rotatable bonds is 6. The first kappa shape index (κ1) is 15.4. The number of esters is 1. The van der Waals surface area contributed by atoms with Gasteiger partial charge < -0.3 is 14.9 Å². The van der Waals surface area contributed by atoms with Gasteiger partial charge in [0.1, 0.15) is 0 Å². The summed E-state index contributed by atoms with van der Waals surface area (Å²) in [5.74, 6) is -3.22. The van der Waals surface area contributed by atoms with Crippen molar-refractivity contribution in [3.05, 3.63) is 47.0 Å². The van der Waals surface area contributed by atoms with E-state index < -0.39 is 17.9 Å². The van der Waals surface area contributed by atoms with Gasteiger partial charge in [-0.15, -0.1) is 0 Å². The molecule has 106 valence electrons. The largest absolute Gasteiger partial charge is 0.478 e. The summed E-state index contributed by atoms with van der Waals surface area (Å²) in [6.45, 7) is 4.87. The zero-order valence-corrected chi connectivity index (χ0v) is 10.9. The van der Waals surface area contributed by atoms with Crippen molar-refractivity contribution >= 4 is 17.9 Å². The van der Waals surface area contributed by atoms with Crippen LogP contribution >= 0.6 is 0 Å². The number of hydrogen-bond donors (Lipinski definition) is 2. The maximum atomic E-state index is 11.2. The summed E-state index contributed by atoms with van der Waals surface area (Å²) in [5, 5.41) is 18.1. The van der Waals surface area contributed by atoms with Gasteiger partial charge in [0.05, 0.1) is 17.7 Å². The molecule has 0 aliphatic carbocycles. The highest BCUT2D eigenvalue weighted by molar-refractivity contribution is 6.02. The third-order valence-electron chi connectivity index (χ3n) is 2.55. The van der Waals surface area contributed by atoms with Gasteiger partial charge in [-0.2, -0.15) is 0 Å². The maximum Gasteiger partial charge on any atom is 0.336 e. The Morgan fingerprint density at radius 2 is 1.85 bits per heavy atom. The highest BCUT2D eigenvalue weighted by Crippen LogP contribution is 2.16. The molecular weight excluding hydrogens is 264 g/mol. The molecule has 0 saturated heterocycles. The van der Waals surface area contributed by atoms with Gasteiger partial charge in [-0.25, -0.2) is 14.4 Å². The highest BCUT2D eigenvalue weighted by atomic mass is 16.5. The second-order valence-corrected chi connectivity index (χ2v) is 4.12. The molecule has 0 aliphatic heterocycles. The Morgan fingerprint density at radius 1 is 1.20 bits per heavy atom. The molecule has 1 aromatic rings.